The summed E-state index contributed by atoms with van der Waals surface area (Å²) in [7, 11) is 3.24. The Bertz CT molecular complexity index is 926. The molecule has 2 aromatic rings. The lowest BCUT2D eigenvalue weighted by Crippen LogP contribution is -2.43. The fraction of sp³-hybridized carbons (Fsp3) is 0.375. The second-order valence-corrected chi connectivity index (χ2v) is 7.73. The molecule has 0 bridgehead atoms. The van der Waals surface area contributed by atoms with Gasteiger partial charge in [-0.1, -0.05) is 36.4 Å². The predicted molar refractivity (Wildman–Crippen MR) is 120 cm³/mol. The fourth-order valence-electron chi connectivity index (χ4n) is 3.58. The van der Waals surface area contributed by atoms with Crippen LogP contribution < -0.4 is 10.1 Å². The lowest BCUT2D eigenvalue weighted by Gasteiger charge is -2.31. The van der Waals surface area contributed by atoms with Crippen molar-refractivity contribution in [3.05, 3.63) is 60.2 Å². The first-order valence-corrected chi connectivity index (χ1v) is 10.6. The molecule has 1 N–H and O–H groups in total. The Morgan fingerprint density at radius 3 is 2.38 bits per heavy atom. The van der Waals surface area contributed by atoms with Crippen LogP contribution in [0.2, 0.25) is 0 Å². The molecule has 0 aromatic heterocycles. The van der Waals surface area contributed by atoms with Gasteiger partial charge in [0.25, 0.3) is 5.91 Å². The number of hydrogen-bond acceptors (Lipinski definition) is 5. The molecule has 32 heavy (non-hydrogen) atoms. The Kier molecular flexibility index (Phi) is 8.08. The Balaban J connectivity index is 1.40. The third-order valence-corrected chi connectivity index (χ3v) is 5.50. The highest BCUT2D eigenvalue weighted by molar-refractivity contribution is 5.89. The van der Waals surface area contributed by atoms with Gasteiger partial charge in [-0.25, -0.2) is 4.79 Å². The number of hydrogen-bond donors (Lipinski definition) is 1. The normalized spacial score (nSPS) is 13.9. The highest BCUT2D eigenvalue weighted by atomic mass is 16.5. The van der Waals surface area contributed by atoms with Crippen LogP contribution in [0.5, 0.6) is 5.75 Å². The molecule has 0 aliphatic carbocycles. The summed E-state index contributed by atoms with van der Waals surface area (Å²) in [4.78, 5) is 40.4. The van der Waals surface area contributed by atoms with Crippen LogP contribution in [0.1, 0.15) is 18.4 Å². The molecule has 0 unspecified atom stereocenters. The van der Waals surface area contributed by atoms with Gasteiger partial charge in [-0.2, -0.15) is 0 Å². The number of piperidine rings is 1. The molecular formula is C24H29N3O5. The first-order chi connectivity index (χ1) is 15.5. The number of esters is 1. The molecular weight excluding hydrogens is 410 g/mol. The van der Waals surface area contributed by atoms with E-state index in [0.717, 1.165) is 11.3 Å². The van der Waals surface area contributed by atoms with Crippen LogP contribution in [0.25, 0.3) is 0 Å². The van der Waals surface area contributed by atoms with Crippen LogP contribution in [-0.4, -0.2) is 61.6 Å². The lowest BCUT2D eigenvalue weighted by atomic mass is 9.97. The summed E-state index contributed by atoms with van der Waals surface area (Å²) in [5, 5.41) is 2.85. The van der Waals surface area contributed by atoms with Crippen LogP contribution in [0.4, 0.5) is 10.5 Å². The van der Waals surface area contributed by atoms with Gasteiger partial charge in [0.1, 0.15) is 5.75 Å². The van der Waals surface area contributed by atoms with E-state index in [9.17, 15) is 14.4 Å². The number of likely N-dealkylation sites (N-methyl/N-ethyl adjacent to an activating group) is 1. The van der Waals surface area contributed by atoms with E-state index in [-0.39, 0.29) is 24.5 Å². The topological polar surface area (TPSA) is 88.2 Å². The van der Waals surface area contributed by atoms with Crippen molar-refractivity contribution in [3.63, 3.8) is 0 Å². The minimum absolute atomic E-state index is 0.184. The molecule has 1 saturated heterocycles. The molecule has 1 fully saturated rings. The molecule has 1 aliphatic rings. The maximum atomic E-state index is 12.4. The summed E-state index contributed by atoms with van der Waals surface area (Å²) in [6.07, 6.45) is 1.01. The number of amides is 3. The number of carbonyl (C=O) groups is 3. The second-order valence-electron chi connectivity index (χ2n) is 7.73. The SMILES string of the molecule is COc1ccccc1CN(C)C(=O)COC(=O)C1CCN(C(=O)Nc2ccccc2)CC1. The molecule has 3 amide bonds. The molecule has 1 aliphatic heterocycles. The van der Waals surface area contributed by atoms with E-state index in [1.807, 2.05) is 54.6 Å². The van der Waals surface area contributed by atoms with Gasteiger partial charge in [0, 0.05) is 37.9 Å². The average molecular weight is 440 g/mol. The van der Waals surface area contributed by atoms with Crippen molar-refractivity contribution in [2.45, 2.75) is 19.4 Å². The summed E-state index contributed by atoms with van der Waals surface area (Å²) >= 11 is 0. The van der Waals surface area contributed by atoms with Gasteiger partial charge >= 0.3 is 12.0 Å². The second kappa shape index (κ2) is 11.2. The van der Waals surface area contributed by atoms with Crippen LogP contribution >= 0.6 is 0 Å². The molecule has 8 heteroatoms. The quantitative estimate of drug-likeness (QED) is 0.670. The maximum absolute atomic E-state index is 12.4. The van der Waals surface area contributed by atoms with Crippen molar-refractivity contribution in [3.8, 4) is 5.75 Å². The zero-order valence-corrected chi connectivity index (χ0v) is 18.5. The summed E-state index contributed by atoms with van der Waals surface area (Å²) in [5.41, 5.74) is 1.60. The number of likely N-dealkylation sites (tertiary alicyclic amines) is 1. The number of urea groups is 1. The number of anilines is 1. The summed E-state index contributed by atoms with van der Waals surface area (Å²) in [6.45, 7) is 0.967. The Morgan fingerprint density at radius 1 is 1.03 bits per heavy atom. The maximum Gasteiger partial charge on any atom is 0.321 e. The number of nitrogens with zero attached hydrogens (tertiary/aromatic N) is 2. The lowest BCUT2D eigenvalue weighted by molar-refractivity contribution is -0.156. The zero-order valence-electron chi connectivity index (χ0n) is 18.5. The molecule has 0 spiro atoms. The van der Waals surface area contributed by atoms with E-state index < -0.39 is 5.97 Å². The van der Waals surface area contributed by atoms with E-state index in [4.69, 9.17) is 9.47 Å². The van der Waals surface area contributed by atoms with E-state index in [0.29, 0.717) is 38.2 Å². The number of rotatable bonds is 7. The number of methoxy groups -OCH3 is 1. The van der Waals surface area contributed by atoms with Gasteiger partial charge in [-0.15, -0.1) is 0 Å². The van der Waals surface area contributed by atoms with E-state index in [1.54, 1.807) is 19.1 Å². The third kappa shape index (κ3) is 6.23. The molecule has 0 atom stereocenters. The number of para-hydroxylation sites is 2. The van der Waals surface area contributed by atoms with Crippen molar-refractivity contribution in [2.24, 2.45) is 5.92 Å². The Hall–Kier alpha value is -3.55. The monoisotopic (exact) mass is 439 g/mol. The van der Waals surface area contributed by atoms with Gasteiger partial charge in [0.2, 0.25) is 0 Å². The number of benzene rings is 2. The molecule has 170 valence electrons. The van der Waals surface area contributed by atoms with Crippen LogP contribution in [0.3, 0.4) is 0 Å². The van der Waals surface area contributed by atoms with Crippen molar-refractivity contribution in [2.75, 3.05) is 39.2 Å². The summed E-state index contributed by atoms with van der Waals surface area (Å²) < 4.78 is 10.6. The van der Waals surface area contributed by atoms with Gasteiger partial charge in [0.15, 0.2) is 6.61 Å². The van der Waals surface area contributed by atoms with Gasteiger partial charge in [-0.05, 0) is 31.0 Å². The van der Waals surface area contributed by atoms with Crippen LogP contribution in [0, 0.1) is 5.92 Å². The number of ether oxygens (including phenoxy) is 2. The predicted octanol–water partition coefficient (Wildman–Crippen LogP) is 3.14. The molecule has 3 rings (SSSR count). The summed E-state index contributed by atoms with van der Waals surface area (Å²) in [5.74, 6) is -0.300. The molecule has 0 radical (unpaired) electrons. The van der Waals surface area contributed by atoms with Crippen molar-refractivity contribution in [1.82, 2.24) is 9.80 Å². The minimum atomic E-state index is -0.396. The minimum Gasteiger partial charge on any atom is -0.496 e. The highest BCUT2D eigenvalue weighted by Crippen LogP contribution is 2.21. The van der Waals surface area contributed by atoms with Gasteiger partial charge in [-0.3, -0.25) is 9.59 Å². The molecule has 2 aromatic carbocycles. The average Bonchev–Trinajstić information content (AvgIpc) is 2.83. The highest BCUT2D eigenvalue weighted by Gasteiger charge is 2.29. The standard InChI is InChI=1S/C24H29N3O5/c1-26(16-19-8-6-7-11-21(19)31-2)22(28)17-32-23(29)18-12-14-27(15-13-18)24(30)25-20-9-4-3-5-10-20/h3-11,18H,12-17H2,1-2H3,(H,25,30). The molecule has 0 saturated carbocycles. The zero-order chi connectivity index (χ0) is 22.9. The third-order valence-electron chi connectivity index (χ3n) is 5.50. The van der Waals surface area contributed by atoms with E-state index >= 15 is 0 Å². The Labute approximate surface area is 188 Å². The van der Waals surface area contributed by atoms with Crippen molar-refractivity contribution >= 4 is 23.6 Å². The van der Waals surface area contributed by atoms with E-state index in [1.165, 1.54) is 4.90 Å². The van der Waals surface area contributed by atoms with Crippen molar-refractivity contribution in [1.29, 1.82) is 0 Å². The van der Waals surface area contributed by atoms with Gasteiger partial charge < -0.3 is 24.6 Å². The van der Waals surface area contributed by atoms with Gasteiger partial charge in [0.05, 0.1) is 13.0 Å². The fourth-order valence-corrected chi connectivity index (χ4v) is 3.58. The van der Waals surface area contributed by atoms with E-state index in [2.05, 4.69) is 5.32 Å². The molecule has 8 nitrogen and oxygen atoms in total. The number of carbonyl (C=O) groups excluding carboxylic acids is 3. The van der Waals surface area contributed by atoms with Crippen molar-refractivity contribution < 1.29 is 23.9 Å². The van der Waals surface area contributed by atoms with Crippen LogP contribution in [0.15, 0.2) is 54.6 Å². The first kappa shape index (κ1) is 23.1. The summed E-state index contributed by atoms with van der Waals surface area (Å²) in [6, 6.07) is 16.5. The first-order valence-electron chi connectivity index (χ1n) is 10.6. The smallest absolute Gasteiger partial charge is 0.321 e. The van der Waals surface area contributed by atoms with Crippen LogP contribution in [-0.2, 0) is 20.9 Å². The Morgan fingerprint density at radius 2 is 1.69 bits per heavy atom. The number of nitrogens with one attached hydrogen (secondary N) is 1. The largest absolute Gasteiger partial charge is 0.496 e. The molecule has 1 heterocycles.